The number of para-hydroxylation sites is 2. The van der Waals surface area contributed by atoms with E-state index in [1.165, 1.54) is 0 Å². The van der Waals surface area contributed by atoms with Crippen LogP contribution in [0, 0.1) is 18.3 Å². The fourth-order valence-corrected chi connectivity index (χ4v) is 3.44. The van der Waals surface area contributed by atoms with Gasteiger partial charge in [-0.25, -0.2) is 4.52 Å². The van der Waals surface area contributed by atoms with E-state index in [4.69, 9.17) is 5.26 Å². The average Bonchev–Trinajstić information content (AvgIpc) is 3.21. The number of nitriles is 1. The van der Waals surface area contributed by atoms with Crippen LogP contribution in [0.4, 0.5) is 0 Å². The molecular formula is C23H18N4O. The van der Waals surface area contributed by atoms with Crippen molar-refractivity contribution in [2.45, 2.75) is 13.5 Å². The zero-order valence-corrected chi connectivity index (χ0v) is 15.5. The maximum absolute atomic E-state index is 13.0. The van der Waals surface area contributed by atoms with Crippen LogP contribution in [0.3, 0.4) is 0 Å². The second-order valence-electron chi connectivity index (χ2n) is 6.52. The van der Waals surface area contributed by atoms with E-state index in [1.54, 1.807) is 24.3 Å². The van der Waals surface area contributed by atoms with E-state index >= 15 is 0 Å². The van der Waals surface area contributed by atoms with Gasteiger partial charge in [0, 0.05) is 6.54 Å². The number of hydrogen-bond donors (Lipinski definition) is 0. The average molecular weight is 366 g/mol. The van der Waals surface area contributed by atoms with Gasteiger partial charge in [-0.2, -0.15) is 10.4 Å². The van der Waals surface area contributed by atoms with Crippen LogP contribution in [-0.2, 0) is 6.54 Å². The summed E-state index contributed by atoms with van der Waals surface area (Å²) in [5, 5.41) is 13.5. The van der Waals surface area contributed by atoms with E-state index in [2.05, 4.69) is 22.3 Å². The molecule has 0 saturated carbocycles. The van der Waals surface area contributed by atoms with E-state index < -0.39 is 0 Å². The molecule has 5 heteroatoms. The molecule has 0 aliphatic heterocycles. The Labute approximate surface area is 162 Å². The topological polar surface area (TPSA) is 63.1 Å². The summed E-state index contributed by atoms with van der Waals surface area (Å²) >= 11 is 0. The number of rotatable bonds is 5. The van der Waals surface area contributed by atoms with Gasteiger partial charge in [-0.1, -0.05) is 36.4 Å². The minimum absolute atomic E-state index is 0.107. The molecular weight excluding hydrogens is 348 g/mol. The summed E-state index contributed by atoms with van der Waals surface area (Å²) in [5.41, 5.74) is 5.46. The van der Waals surface area contributed by atoms with Crippen LogP contribution in [0.25, 0.3) is 22.8 Å². The second-order valence-corrected chi connectivity index (χ2v) is 6.52. The quantitative estimate of drug-likeness (QED) is 0.296. The Morgan fingerprint density at radius 1 is 1.18 bits per heavy atom. The Balaban J connectivity index is 1.82. The number of aryl methyl sites for hydroxylation is 1. The Hall–Kier alpha value is -3.91. The SMILES string of the molecule is C=CCn1c2ccccc2n2nc(C)c(C(=O)C=Cc3ccc(C#N)cc3)c12. The molecule has 0 unspecified atom stereocenters. The normalized spacial score (nSPS) is 11.3. The summed E-state index contributed by atoms with van der Waals surface area (Å²) in [7, 11) is 0. The van der Waals surface area contributed by atoms with Crippen molar-refractivity contribution < 1.29 is 4.79 Å². The lowest BCUT2D eigenvalue weighted by Crippen LogP contribution is -2.02. The zero-order valence-electron chi connectivity index (χ0n) is 15.5. The first-order valence-electron chi connectivity index (χ1n) is 8.94. The van der Waals surface area contributed by atoms with Crippen molar-refractivity contribution in [2.75, 3.05) is 0 Å². The predicted octanol–water partition coefficient (Wildman–Crippen LogP) is 4.55. The highest BCUT2D eigenvalue weighted by molar-refractivity contribution is 6.12. The molecule has 5 nitrogen and oxygen atoms in total. The molecule has 0 atom stereocenters. The number of benzene rings is 2. The van der Waals surface area contributed by atoms with Crippen LogP contribution in [0.2, 0.25) is 0 Å². The standard InChI is InChI=1S/C23H18N4O/c1-3-14-26-19-6-4-5-7-20(19)27-23(26)22(16(2)25-27)21(28)13-12-17-8-10-18(15-24)11-9-17/h3-13H,1,14H2,2H3. The largest absolute Gasteiger partial charge is 0.320 e. The minimum Gasteiger partial charge on any atom is -0.320 e. The van der Waals surface area contributed by atoms with E-state index in [0.29, 0.717) is 23.4 Å². The molecule has 28 heavy (non-hydrogen) atoms. The number of imidazole rings is 1. The molecule has 2 aromatic heterocycles. The molecule has 0 spiro atoms. The number of carbonyl (C=O) groups excluding carboxylic acids is 1. The molecule has 136 valence electrons. The molecule has 4 aromatic rings. The molecule has 0 radical (unpaired) electrons. The Bertz CT molecular complexity index is 1280. The summed E-state index contributed by atoms with van der Waals surface area (Å²) in [5.74, 6) is -0.107. The van der Waals surface area contributed by atoms with Gasteiger partial charge < -0.3 is 4.57 Å². The molecule has 0 N–H and O–H groups in total. The molecule has 0 bridgehead atoms. The molecule has 2 aromatic carbocycles. The molecule has 0 aliphatic carbocycles. The Morgan fingerprint density at radius 3 is 2.57 bits per heavy atom. The Kier molecular flexibility index (Phi) is 4.38. The van der Waals surface area contributed by atoms with E-state index in [1.807, 2.05) is 53.9 Å². The maximum Gasteiger partial charge on any atom is 0.191 e. The van der Waals surface area contributed by atoms with Gasteiger partial charge in [0.25, 0.3) is 0 Å². The molecule has 4 rings (SSSR count). The smallest absolute Gasteiger partial charge is 0.191 e. The van der Waals surface area contributed by atoms with E-state index in [0.717, 1.165) is 22.2 Å². The number of hydrogen-bond acceptors (Lipinski definition) is 3. The summed E-state index contributed by atoms with van der Waals surface area (Å²) in [6.07, 6.45) is 5.13. The molecule has 0 saturated heterocycles. The number of allylic oxidation sites excluding steroid dienone is 2. The van der Waals surface area contributed by atoms with Crippen LogP contribution in [0.15, 0.2) is 67.3 Å². The monoisotopic (exact) mass is 366 g/mol. The van der Waals surface area contributed by atoms with Crippen molar-refractivity contribution >= 4 is 28.5 Å². The summed E-state index contributed by atoms with van der Waals surface area (Å²) in [6.45, 7) is 6.28. The summed E-state index contributed by atoms with van der Waals surface area (Å²) in [6, 6.07) is 17.1. The summed E-state index contributed by atoms with van der Waals surface area (Å²) < 4.78 is 3.89. The first-order chi connectivity index (χ1) is 13.6. The number of fused-ring (bicyclic) bond motifs is 3. The fourth-order valence-electron chi connectivity index (χ4n) is 3.44. The van der Waals surface area contributed by atoms with Crippen LogP contribution in [-0.4, -0.2) is 20.0 Å². The second kappa shape index (κ2) is 7.01. The van der Waals surface area contributed by atoms with Gasteiger partial charge >= 0.3 is 0 Å². The van der Waals surface area contributed by atoms with Gasteiger partial charge in [0.2, 0.25) is 0 Å². The van der Waals surface area contributed by atoms with Gasteiger partial charge in [-0.05, 0) is 42.8 Å². The minimum atomic E-state index is -0.107. The third-order valence-electron chi connectivity index (χ3n) is 4.72. The van der Waals surface area contributed by atoms with Gasteiger partial charge in [-0.3, -0.25) is 4.79 Å². The predicted molar refractivity (Wildman–Crippen MR) is 110 cm³/mol. The third kappa shape index (κ3) is 2.81. The number of carbonyl (C=O) groups is 1. The van der Waals surface area contributed by atoms with Crippen LogP contribution < -0.4 is 0 Å². The highest BCUT2D eigenvalue weighted by Gasteiger charge is 2.21. The molecule has 0 aliphatic rings. The first-order valence-corrected chi connectivity index (χ1v) is 8.94. The highest BCUT2D eigenvalue weighted by Crippen LogP contribution is 2.26. The first kappa shape index (κ1) is 17.5. The van der Waals surface area contributed by atoms with Crippen molar-refractivity contribution in [3.63, 3.8) is 0 Å². The lowest BCUT2D eigenvalue weighted by molar-refractivity contribution is 0.104. The number of aromatic nitrogens is 3. The number of ketones is 1. The molecule has 0 fully saturated rings. The van der Waals surface area contributed by atoms with Gasteiger partial charge in [0.05, 0.1) is 33.9 Å². The van der Waals surface area contributed by atoms with Crippen molar-refractivity contribution in [3.05, 3.63) is 89.6 Å². The van der Waals surface area contributed by atoms with Crippen molar-refractivity contribution in [3.8, 4) is 6.07 Å². The van der Waals surface area contributed by atoms with E-state index in [9.17, 15) is 4.79 Å². The van der Waals surface area contributed by atoms with Crippen LogP contribution >= 0.6 is 0 Å². The third-order valence-corrected chi connectivity index (χ3v) is 4.72. The van der Waals surface area contributed by atoms with Crippen LogP contribution in [0.5, 0.6) is 0 Å². The lowest BCUT2D eigenvalue weighted by Gasteiger charge is -2.03. The van der Waals surface area contributed by atoms with Gasteiger partial charge in [0.1, 0.15) is 5.65 Å². The Morgan fingerprint density at radius 2 is 1.89 bits per heavy atom. The van der Waals surface area contributed by atoms with Crippen molar-refractivity contribution in [1.82, 2.24) is 14.2 Å². The zero-order chi connectivity index (χ0) is 19.7. The number of nitrogens with zero attached hydrogens (tertiary/aromatic N) is 4. The maximum atomic E-state index is 13.0. The summed E-state index contributed by atoms with van der Waals surface area (Å²) in [4.78, 5) is 13.0. The fraction of sp³-hybridized carbons (Fsp3) is 0.0870. The van der Waals surface area contributed by atoms with Gasteiger partial charge in [-0.15, -0.1) is 6.58 Å². The van der Waals surface area contributed by atoms with Crippen molar-refractivity contribution in [2.24, 2.45) is 0 Å². The molecule has 0 amide bonds. The molecule has 2 heterocycles. The lowest BCUT2D eigenvalue weighted by atomic mass is 10.1. The van der Waals surface area contributed by atoms with Gasteiger partial charge in [0.15, 0.2) is 5.78 Å². The van der Waals surface area contributed by atoms with Crippen LogP contribution in [0.1, 0.15) is 27.2 Å². The highest BCUT2D eigenvalue weighted by atomic mass is 16.1. The van der Waals surface area contributed by atoms with Crippen molar-refractivity contribution in [1.29, 1.82) is 5.26 Å². The van der Waals surface area contributed by atoms with E-state index in [-0.39, 0.29) is 5.78 Å².